The molecule has 2 aliphatic rings. The van der Waals surface area contributed by atoms with E-state index in [9.17, 15) is 9.59 Å². The SMILES string of the molecule is CN1CCC[C@H]1COc1ccc(NC(=S)N=C(N)SCP)cc1.Cc1cccc(C(=O)CBr)c1.Cc1cccc(C(=O)c2sc(Nc3ccc(OCC4CCCN4C)cc3)nc2N)c1. The van der Waals surface area contributed by atoms with E-state index in [4.69, 9.17) is 33.2 Å². The number of alkyl halides is 1. The Morgan fingerprint density at radius 2 is 1.41 bits per heavy atom. The molecule has 3 atom stereocenters. The van der Waals surface area contributed by atoms with E-state index in [1.54, 1.807) is 6.07 Å². The van der Waals surface area contributed by atoms with Crippen LogP contribution in [0.1, 0.15) is 62.4 Å². The Morgan fingerprint density at radius 1 is 0.875 bits per heavy atom. The lowest BCUT2D eigenvalue weighted by Crippen LogP contribution is -2.30. The maximum absolute atomic E-state index is 12.8. The number of carbonyl (C=O) groups is 2. The first-order valence-corrected chi connectivity index (χ1v) is 25.1. The summed E-state index contributed by atoms with van der Waals surface area (Å²) in [5.41, 5.74) is 17.8. The van der Waals surface area contributed by atoms with Gasteiger partial charge in [-0.05, 0) is 140 Å². The van der Waals surface area contributed by atoms with Crippen molar-refractivity contribution in [2.24, 2.45) is 10.7 Å². The smallest absolute Gasteiger partial charge is 0.206 e. The average Bonchev–Trinajstić information content (AvgIpc) is 4.01. The van der Waals surface area contributed by atoms with Crippen molar-refractivity contribution >= 4 is 105 Å². The molecule has 64 heavy (non-hydrogen) atoms. The van der Waals surface area contributed by atoms with Crippen LogP contribution in [0.2, 0.25) is 0 Å². The molecule has 2 aliphatic heterocycles. The molecule has 12 nitrogen and oxygen atoms in total. The fraction of sp³-hybridized carbons (Fsp3) is 0.340. The van der Waals surface area contributed by atoms with E-state index in [2.05, 4.69) is 69.7 Å². The molecule has 3 heterocycles. The molecule has 6 N–H and O–H groups in total. The monoisotopic (exact) mass is 1000 g/mol. The molecule has 0 spiro atoms. The molecule has 0 saturated carbocycles. The van der Waals surface area contributed by atoms with Crippen molar-refractivity contribution in [3.05, 3.63) is 124 Å². The van der Waals surface area contributed by atoms with Crippen molar-refractivity contribution in [2.75, 3.05) is 67.6 Å². The minimum atomic E-state index is -0.109. The van der Waals surface area contributed by atoms with Crippen LogP contribution < -0.4 is 31.6 Å². The summed E-state index contributed by atoms with van der Waals surface area (Å²) in [7, 11) is 6.87. The van der Waals surface area contributed by atoms with Crippen molar-refractivity contribution in [1.29, 1.82) is 0 Å². The molecular weight excluding hydrogens is 948 g/mol. The summed E-state index contributed by atoms with van der Waals surface area (Å²) >= 11 is 11.0. The van der Waals surface area contributed by atoms with Gasteiger partial charge in [0.1, 0.15) is 35.4 Å². The quantitative estimate of drug-likeness (QED) is 0.0208. The van der Waals surface area contributed by atoms with Crippen molar-refractivity contribution in [2.45, 2.75) is 51.6 Å². The number of nitrogens with two attached hydrogens (primary N) is 2. The van der Waals surface area contributed by atoms with Gasteiger partial charge in [-0.25, -0.2) is 4.98 Å². The van der Waals surface area contributed by atoms with Crippen LogP contribution in [-0.4, -0.2) is 99.9 Å². The van der Waals surface area contributed by atoms with Gasteiger partial charge in [0.15, 0.2) is 21.2 Å². The van der Waals surface area contributed by atoms with Gasteiger partial charge in [0, 0.05) is 40.1 Å². The number of Topliss-reactive ketones (excluding diaryl/α,β-unsaturated/α-hetero) is 1. The number of benzene rings is 4. The molecule has 7 rings (SSSR count). The van der Waals surface area contributed by atoms with Gasteiger partial charge in [-0.1, -0.05) is 86.6 Å². The van der Waals surface area contributed by atoms with Crippen LogP contribution in [0.3, 0.4) is 0 Å². The summed E-state index contributed by atoms with van der Waals surface area (Å²) < 4.78 is 11.8. The number of anilines is 4. The normalized spacial score (nSPS) is 16.2. The first-order chi connectivity index (χ1) is 30.8. The van der Waals surface area contributed by atoms with Crippen molar-refractivity contribution in [3.8, 4) is 11.5 Å². The lowest BCUT2D eigenvalue weighted by molar-refractivity contribution is 0.102. The summed E-state index contributed by atoms with van der Waals surface area (Å²) in [5, 5.41) is 8.07. The number of thiocarbonyl (C=S) groups is 1. The van der Waals surface area contributed by atoms with Gasteiger partial charge < -0.3 is 41.4 Å². The molecule has 340 valence electrons. The topological polar surface area (TPSA) is 160 Å². The first kappa shape index (κ1) is 50.6. The fourth-order valence-electron chi connectivity index (χ4n) is 6.89. The van der Waals surface area contributed by atoms with Gasteiger partial charge >= 0.3 is 0 Å². The van der Waals surface area contributed by atoms with Gasteiger partial charge in [-0.3, -0.25) is 9.59 Å². The van der Waals surface area contributed by atoms with Gasteiger partial charge in [-0.2, -0.15) is 4.99 Å². The standard InChI is InChI=1S/C23H26N4O2S.C15H23N4OPS2.C9H9BrO/c1-15-5-3-6-16(13-15)20(28)21-22(24)26-23(30-21)25-17-8-10-19(11-9-17)29-14-18-7-4-12-27(18)2;1-19-8-2-3-12(19)9-20-13-6-4-11(5-7-13)17-15(22)18-14(16)23-10-21;1-7-3-2-4-8(5-7)9(11)6-10/h3,5-6,8-11,13,18H,4,7,12,14,24H2,1-2H3,(H,25,26);4-7,12H,2-3,8-10,21H2,1H3,(H3,16,17,18,22);2-5H,6H2,1H3/t;12-;/m.0./s1. The van der Waals surface area contributed by atoms with E-state index in [0.29, 0.717) is 49.9 Å². The number of hydrogen-bond acceptors (Lipinski definition) is 12. The Hall–Kier alpha value is -4.41. The second-order valence-electron chi connectivity index (χ2n) is 15.4. The van der Waals surface area contributed by atoms with Crippen LogP contribution >= 0.6 is 60.5 Å². The molecule has 5 aromatic rings. The van der Waals surface area contributed by atoms with Gasteiger partial charge in [0.2, 0.25) is 5.78 Å². The molecule has 2 fully saturated rings. The number of likely N-dealkylation sites (N-methyl/N-ethyl adjacent to an activating group) is 2. The zero-order chi connectivity index (χ0) is 46.0. The van der Waals surface area contributed by atoms with E-state index in [-0.39, 0.29) is 17.4 Å². The summed E-state index contributed by atoms with van der Waals surface area (Å²) in [4.78, 5) is 37.5. The lowest BCUT2D eigenvalue weighted by Gasteiger charge is -2.19. The van der Waals surface area contributed by atoms with E-state index in [1.165, 1.54) is 48.8 Å². The number of likely N-dealkylation sites (tertiary alicyclic amines) is 2. The number of halogens is 1. The first-order valence-electron chi connectivity index (χ1n) is 21.0. The predicted molar refractivity (Wildman–Crippen MR) is 279 cm³/mol. The number of thiazole rings is 1. The van der Waals surface area contributed by atoms with E-state index in [0.717, 1.165) is 64.8 Å². The van der Waals surface area contributed by atoms with Crippen LogP contribution in [0.15, 0.2) is 102 Å². The Balaban J connectivity index is 0.000000200. The highest BCUT2D eigenvalue weighted by Crippen LogP contribution is 2.31. The number of rotatable bonds is 14. The summed E-state index contributed by atoms with van der Waals surface area (Å²) in [6.45, 7) is 7.67. The van der Waals surface area contributed by atoms with Crippen molar-refractivity contribution in [1.82, 2.24) is 14.8 Å². The van der Waals surface area contributed by atoms with E-state index >= 15 is 0 Å². The van der Waals surface area contributed by atoms with Gasteiger partial charge in [-0.15, -0.1) is 9.24 Å². The second-order valence-corrected chi connectivity index (χ2v) is 19.4. The highest BCUT2D eigenvalue weighted by molar-refractivity contribution is 9.09. The lowest BCUT2D eigenvalue weighted by atomic mass is 10.1. The molecule has 2 unspecified atom stereocenters. The molecule has 2 saturated heterocycles. The van der Waals surface area contributed by atoms with Crippen molar-refractivity contribution < 1.29 is 19.1 Å². The number of hydrogen-bond donors (Lipinski definition) is 4. The van der Waals surface area contributed by atoms with Crippen molar-refractivity contribution in [3.63, 3.8) is 0 Å². The average molecular weight is 1010 g/mol. The molecule has 0 aliphatic carbocycles. The zero-order valence-electron chi connectivity index (χ0n) is 36.7. The van der Waals surface area contributed by atoms with Crippen LogP contribution in [0.5, 0.6) is 11.5 Å². The molecule has 0 amide bonds. The maximum atomic E-state index is 12.8. The van der Waals surface area contributed by atoms with E-state index < -0.39 is 0 Å². The number of nitrogens with zero attached hydrogens (tertiary/aromatic N) is 4. The Morgan fingerprint density at radius 3 is 1.91 bits per heavy atom. The highest BCUT2D eigenvalue weighted by Gasteiger charge is 2.22. The second kappa shape index (κ2) is 25.9. The number of aromatic nitrogens is 1. The summed E-state index contributed by atoms with van der Waals surface area (Å²) in [6.07, 6.45) is 4.88. The highest BCUT2D eigenvalue weighted by atomic mass is 79.9. The number of aryl methyl sites for hydroxylation is 2. The minimum absolute atomic E-state index is 0.109. The molecular formula is C47H58BrN8O4PS3. The Kier molecular flexibility index (Phi) is 20.5. The summed E-state index contributed by atoms with van der Waals surface area (Å²) in [5.74, 6) is 1.98. The molecule has 1 aromatic heterocycles. The maximum Gasteiger partial charge on any atom is 0.206 e. The number of nitrogen functional groups attached to an aromatic ring is 1. The number of aliphatic imine (C=N–C) groups is 1. The molecule has 0 radical (unpaired) electrons. The van der Waals surface area contributed by atoms with Crippen LogP contribution in [0.4, 0.5) is 22.3 Å². The van der Waals surface area contributed by atoms with Gasteiger partial charge in [0.25, 0.3) is 0 Å². The Bertz CT molecular complexity index is 2330. The number of ketones is 2. The molecule has 17 heteroatoms. The Labute approximate surface area is 401 Å². The van der Waals surface area contributed by atoms with Crippen LogP contribution in [0, 0.1) is 13.8 Å². The largest absolute Gasteiger partial charge is 0.492 e. The number of thioether (sulfide) groups is 1. The number of ether oxygens (including phenoxy) is 2. The third-order valence-electron chi connectivity index (χ3n) is 10.5. The summed E-state index contributed by atoms with van der Waals surface area (Å²) in [6, 6.07) is 31.6. The predicted octanol–water partition coefficient (Wildman–Crippen LogP) is 9.79. The fourth-order valence-corrected chi connectivity index (χ4v) is 9.19. The van der Waals surface area contributed by atoms with Crippen LogP contribution in [-0.2, 0) is 0 Å². The number of amidine groups is 1. The third kappa shape index (κ3) is 16.2. The van der Waals surface area contributed by atoms with Crippen LogP contribution in [0.25, 0.3) is 0 Å². The minimum Gasteiger partial charge on any atom is -0.492 e. The number of nitrogens with one attached hydrogen (secondary N) is 2. The molecule has 4 aromatic carbocycles. The number of carbonyl (C=O) groups excluding carboxylic acids is 2. The third-order valence-corrected chi connectivity index (χ3v) is 13.2. The molecule has 0 bridgehead atoms. The van der Waals surface area contributed by atoms with Gasteiger partial charge in [0.05, 0.1) is 5.33 Å². The van der Waals surface area contributed by atoms with E-state index in [1.807, 2.05) is 105 Å². The zero-order valence-corrected chi connectivity index (χ0v) is 41.9.